The van der Waals surface area contributed by atoms with Crippen LogP contribution in [0.5, 0.6) is 5.75 Å². The van der Waals surface area contributed by atoms with Crippen molar-refractivity contribution in [1.82, 2.24) is 9.97 Å². The molecule has 0 bridgehead atoms. The zero-order valence-electron chi connectivity index (χ0n) is 15.2. The number of halogens is 4. The molecule has 0 atom stereocenters. The number of alkyl halides is 3. The number of nitro groups is 1. The summed E-state index contributed by atoms with van der Waals surface area (Å²) < 4.78 is 44.1. The van der Waals surface area contributed by atoms with E-state index < -0.39 is 27.7 Å². The largest absolute Gasteiger partial charge is 0.424 e. The predicted octanol–water partition coefficient (Wildman–Crippen LogP) is 4.75. The first-order valence-electron chi connectivity index (χ1n) is 8.27. The molecule has 3 rings (SSSR count). The van der Waals surface area contributed by atoms with Crippen molar-refractivity contribution in [2.24, 2.45) is 0 Å². The lowest BCUT2D eigenvalue weighted by atomic mass is 10.1. The molecule has 0 aliphatic rings. The van der Waals surface area contributed by atoms with Gasteiger partial charge in [0.05, 0.1) is 27.0 Å². The van der Waals surface area contributed by atoms with Gasteiger partial charge in [-0.2, -0.15) is 13.2 Å². The number of esters is 1. The van der Waals surface area contributed by atoms with Crippen molar-refractivity contribution in [3.8, 4) is 5.75 Å². The van der Waals surface area contributed by atoms with Gasteiger partial charge in [-0.25, -0.2) is 9.97 Å². The van der Waals surface area contributed by atoms with Gasteiger partial charge in [-0.1, -0.05) is 17.7 Å². The second-order valence-electron chi connectivity index (χ2n) is 6.08. The average Bonchev–Trinajstić information content (AvgIpc) is 2.65. The number of hydrogen-bond acceptors (Lipinski definition) is 7. The number of carbonyl (C=O) groups excluding carboxylic acids is 1. The Morgan fingerprint density at radius 1 is 1.27 bits per heavy atom. The second kappa shape index (κ2) is 8.11. The third-order valence-electron chi connectivity index (χ3n) is 3.95. The summed E-state index contributed by atoms with van der Waals surface area (Å²) in [4.78, 5) is 29.8. The van der Waals surface area contributed by atoms with Gasteiger partial charge in [-0.3, -0.25) is 14.9 Å². The molecule has 0 spiro atoms. The summed E-state index contributed by atoms with van der Waals surface area (Å²) in [7, 11) is 0. The minimum absolute atomic E-state index is 0.0854. The molecule has 0 amide bonds. The Hall–Kier alpha value is -3.47. The SMILES string of the molecule is CC(=O)Oc1cc([N+](=O)[O-])cc2c(NCc3ccc(Cl)c(C(F)(F)F)c3)ncnc12. The van der Waals surface area contributed by atoms with E-state index in [0.717, 1.165) is 31.5 Å². The maximum Gasteiger partial charge on any atom is 0.417 e. The van der Waals surface area contributed by atoms with Crippen molar-refractivity contribution in [2.45, 2.75) is 19.6 Å². The van der Waals surface area contributed by atoms with Crippen LogP contribution in [-0.4, -0.2) is 20.9 Å². The van der Waals surface area contributed by atoms with E-state index >= 15 is 0 Å². The van der Waals surface area contributed by atoms with E-state index in [-0.39, 0.29) is 40.3 Å². The fraction of sp³-hybridized carbons (Fsp3) is 0.167. The summed E-state index contributed by atoms with van der Waals surface area (Å²) in [6.45, 7) is 1.04. The molecular formula is C18H12ClF3N4O4. The summed E-state index contributed by atoms with van der Waals surface area (Å²) >= 11 is 5.62. The molecule has 12 heteroatoms. The fourth-order valence-electron chi connectivity index (χ4n) is 2.69. The van der Waals surface area contributed by atoms with Gasteiger partial charge in [0, 0.05) is 19.5 Å². The fourth-order valence-corrected chi connectivity index (χ4v) is 2.91. The van der Waals surface area contributed by atoms with Crippen LogP contribution in [0.15, 0.2) is 36.7 Å². The highest BCUT2D eigenvalue weighted by Crippen LogP contribution is 2.36. The number of aromatic nitrogens is 2. The predicted molar refractivity (Wildman–Crippen MR) is 101 cm³/mol. The summed E-state index contributed by atoms with van der Waals surface area (Å²) in [5, 5.41) is 13.8. The Morgan fingerprint density at radius 3 is 2.63 bits per heavy atom. The first-order valence-corrected chi connectivity index (χ1v) is 8.65. The molecule has 156 valence electrons. The molecule has 0 fully saturated rings. The molecule has 2 aromatic carbocycles. The number of anilines is 1. The van der Waals surface area contributed by atoms with E-state index in [1.54, 1.807) is 0 Å². The van der Waals surface area contributed by atoms with Crippen LogP contribution in [0, 0.1) is 10.1 Å². The van der Waals surface area contributed by atoms with Crippen LogP contribution in [-0.2, 0) is 17.5 Å². The van der Waals surface area contributed by atoms with Gasteiger partial charge in [-0.05, 0) is 17.7 Å². The number of hydrogen-bond donors (Lipinski definition) is 1. The highest BCUT2D eigenvalue weighted by Gasteiger charge is 2.33. The minimum atomic E-state index is -4.62. The molecule has 0 unspecified atom stereocenters. The molecule has 0 radical (unpaired) electrons. The van der Waals surface area contributed by atoms with Gasteiger partial charge >= 0.3 is 12.1 Å². The Morgan fingerprint density at radius 2 is 2.00 bits per heavy atom. The van der Waals surface area contributed by atoms with Crippen molar-refractivity contribution >= 4 is 40.0 Å². The van der Waals surface area contributed by atoms with Gasteiger partial charge in [0.15, 0.2) is 5.75 Å². The molecule has 1 aromatic heterocycles. The van der Waals surface area contributed by atoms with Crippen LogP contribution in [0.25, 0.3) is 10.9 Å². The molecule has 8 nitrogen and oxygen atoms in total. The van der Waals surface area contributed by atoms with Gasteiger partial charge in [0.25, 0.3) is 5.69 Å². The van der Waals surface area contributed by atoms with E-state index in [4.69, 9.17) is 16.3 Å². The number of benzene rings is 2. The van der Waals surface area contributed by atoms with Crippen LogP contribution < -0.4 is 10.1 Å². The number of ether oxygens (including phenoxy) is 1. The zero-order valence-corrected chi connectivity index (χ0v) is 15.9. The molecule has 1 heterocycles. The molecule has 0 aliphatic carbocycles. The number of nitro benzene ring substituents is 1. The Labute approximate surface area is 171 Å². The summed E-state index contributed by atoms with van der Waals surface area (Å²) in [5.41, 5.74) is -0.976. The van der Waals surface area contributed by atoms with Gasteiger partial charge < -0.3 is 10.1 Å². The van der Waals surface area contributed by atoms with Crippen LogP contribution in [0.3, 0.4) is 0 Å². The highest BCUT2D eigenvalue weighted by molar-refractivity contribution is 6.31. The zero-order chi connectivity index (χ0) is 22.1. The quantitative estimate of drug-likeness (QED) is 0.264. The number of carbonyl (C=O) groups is 1. The second-order valence-corrected chi connectivity index (χ2v) is 6.49. The Bertz CT molecular complexity index is 1150. The smallest absolute Gasteiger partial charge is 0.417 e. The topological polar surface area (TPSA) is 107 Å². The number of rotatable bonds is 5. The van der Waals surface area contributed by atoms with Crippen molar-refractivity contribution in [3.63, 3.8) is 0 Å². The van der Waals surface area contributed by atoms with Crippen LogP contribution in [0.4, 0.5) is 24.7 Å². The minimum Gasteiger partial charge on any atom is -0.424 e. The number of nitrogens with one attached hydrogen (secondary N) is 1. The molecule has 3 aromatic rings. The normalized spacial score (nSPS) is 11.4. The molecule has 30 heavy (non-hydrogen) atoms. The van der Waals surface area contributed by atoms with Gasteiger partial charge in [0.1, 0.15) is 17.7 Å². The third kappa shape index (κ3) is 4.57. The van der Waals surface area contributed by atoms with Crippen LogP contribution in [0.1, 0.15) is 18.1 Å². The lowest BCUT2D eigenvalue weighted by molar-refractivity contribution is -0.384. The Balaban J connectivity index is 2.00. The van der Waals surface area contributed by atoms with E-state index in [9.17, 15) is 28.1 Å². The highest BCUT2D eigenvalue weighted by atomic mass is 35.5. The Kier molecular flexibility index (Phi) is 5.74. The van der Waals surface area contributed by atoms with E-state index in [2.05, 4.69) is 15.3 Å². The van der Waals surface area contributed by atoms with E-state index in [0.29, 0.717) is 0 Å². The van der Waals surface area contributed by atoms with Crippen LogP contribution in [0.2, 0.25) is 5.02 Å². The number of non-ortho nitro benzene ring substituents is 1. The first kappa shape index (κ1) is 21.2. The van der Waals surface area contributed by atoms with Gasteiger partial charge in [0.2, 0.25) is 0 Å². The van der Waals surface area contributed by atoms with Crippen molar-refractivity contribution in [2.75, 3.05) is 5.32 Å². The van der Waals surface area contributed by atoms with Crippen LogP contribution >= 0.6 is 11.6 Å². The number of nitrogens with zero attached hydrogens (tertiary/aromatic N) is 3. The summed E-state index contributed by atoms with van der Waals surface area (Å²) in [5.74, 6) is -0.727. The molecule has 0 aliphatic heterocycles. The first-order chi connectivity index (χ1) is 14.1. The van der Waals surface area contributed by atoms with E-state index in [1.807, 2.05) is 0 Å². The average molecular weight is 441 g/mol. The van der Waals surface area contributed by atoms with Crippen molar-refractivity contribution in [1.29, 1.82) is 0 Å². The molecule has 1 N–H and O–H groups in total. The molecular weight excluding hydrogens is 429 g/mol. The molecule has 0 saturated carbocycles. The van der Waals surface area contributed by atoms with E-state index in [1.165, 1.54) is 12.1 Å². The maximum absolute atomic E-state index is 13.0. The lowest BCUT2D eigenvalue weighted by Crippen LogP contribution is -2.09. The van der Waals surface area contributed by atoms with Gasteiger partial charge in [-0.15, -0.1) is 0 Å². The molecule has 0 saturated heterocycles. The number of fused-ring (bicyclic) bond motifs is 1. The summed E-state index contributed by atoms with van der Waals surface area (Å²) in [6, 6.07) is 5.65. The maximum atomic E-state index is 13.0. The van der Waals surface area contributed by atoms with Crippen molar-refractivity contribution < 1.29 is 27.6 Å². The lowest BCUT2D eigenvalue weighted by Gasteiger charge is -2.13. The van der Waals surface area contributed by atoms with Crippen molar-refractivity contribution in [3.05, 3.63) is 62.9 Å². The monoisotopic (exact) mass is 440 g/mol. The standard InChI is InChI=1S/C18H12ClF3N4O4/c1-9(27)30-15-6-11(26(28)29)5-12-16(15)24-8-25-17(12)23-7-10-2-3-14(19)13(4-10)18(20,21)22/h2-6,8H,7H2,1H3,(H,23,24,25). The summed E-state index contributed by atoms with van der Waals surface area (Å²) in [6.07, 6.45) is -3.49. The third-order valence-corrected chi connectivity index (χ3v) is 4.28.